The van der Waals surface area contributed by atoms with Crippen LogP contribution in [0.25, 0.3) is 11.3 Å². The van der Waals surface area contributed by atoms with E-state index in [1.807, 2.05) is 42.5 Å². The van der Waals surface area contributed by atoms with E-state index >= 15 is 0 Å². The molecular formula is C28H29N3O3. The molecule has 0 bridgehead atoms. The molecule has 6 nitrogen and oxygen atoms in total. The number of fused-ring (bicyclic) bond motifs is 1. The first-order chi connectivity index (χ1) is 16.5. The molecule has 1 aliphatic rings. The number of methoxy groups -OCH3 is 1. The van der Waals surface area contributed by atoms with Gasteiger partial charge in [-0.3, -0.25) is 9.69 Å². The molecule has 1 amide bonds. The van der Waals surface area contributed by atoms with Crippen LogP contribution >= 0.6 is 0 Å². The van der Waals surface area contributed by atoms with E-state index in [-0.39, 0.29) is 5.91 Å². The number of benzene rings is 3. The Morgan fingerprint density at radius 2 is 1.65 bits per heavy atom. The van der Waals surface area contributed by atoms with E-state index in [1.165, 1.54) is 12.7 Å². The van der Waals surface area contributed by atoms with Crippen LogP contribution in [0.5, 0.6) is 0 Å². The molecule has 0 radical (unpaired) electrons. The summed E-state index contributed by atoms with van der Waals surface area (Å²) in [5.74, 6) is -0.666. The Balaban J connectivity index is 1.76. The summed E-state index contributed by atoms with van der Waals surface area (Å²) in [6.07, 6.45) is 0. The van der Waals surface area contributed by atoms with E-state index in [4.69, 9.17) is 4.74 Å². The van der Waals surface area contributed by atoms with Crippen molar-refractivity contribution in [2.75, 3.05) is 30.8 Å². The number of rotatable bonds is 8. The third-order valence-corrected chi connectivity index (χ3v) is 6.02. The Morgan fingerprint density at radius 1 is 0.941 bits per heavy atom. The van der Waals surface area contributed by atoms with Crippen molar-refractivity contribution in [3.05, 3.63) is 95.1 Å². The Hall–Kier alpha value is -3.90. The van der Waals surface area contributed by atoms with Gasteiger partial charge in [0.15, 0.2) is 0 Å². The quantitative estimate of drug-likeness (QED) is 0.359. The van der Waals surface area contributed by atoms with Gasteiger partial charge in [0.1, 0.15) is 0 Å². The molecule has 0 aliphatic carbocycles. The highest BCUT2D eigenvalue weighted by molar-refractivity contribution is 6.37. The molecular weight excluding hydrogens is 426 g/mol. The highest BCUT2D eigenvalue weighted by atomic mass is 16.5. The number of anilines is 2. The number of ether oxygens (including phenoxy) is 1. The lowest BCUT2D eigenvalue weighted by atomic mass is 9.98. The summed E-state index contributed by atoms with van der Waals surface area (Å²) in [4.78, 5) is 27.6. The number of hydrogen-bond donors (Lipinski definition) is 2. The van der Waals surface area contributed by atoms with E-state index in [0.717, 1.165) is 30.9 Å². The summed E-state index contributed by atoms with van der Waals surface area (Å²) in [5, 5.41) is 6.39. The van der Waals surface area contributed by atoms with E-state index < -0.39 is 5.97 Å². The number of nitrogens with zero attached hydrogens (tertiary/aromatic N) is 1. The molecule has 0 aromatic heterocycles. The molecule has 1 aliphatic heterocycles. The number of amides is 1. The molecule has 4 rings (SSSR count). The normalized spacial score (nSPS) is 13.9. The minimum Gasteiger partial charge on any atom is -0.465 e. The lowest BCUT2D eigenvalue weighted by Crippen LogP contribution is -2.22. The second-order valence-corrected chi connectivity index (χ2v) is 8.11. The van der Waals surface area contributed by atoms with Gasteiger partial charge in [0, 0.05) is 23.5 Å². The minimum absolute atomic E-state index is 0.221. The lowest BCUT2D eigenvalue weighted by molar-refractivity contribution is -0.110. The summed E-state index contributed by atoms with van der Waals surface area (Å²) >= 11 is 0. The van der Waals surface area contributed by atoms with Crippen molar-refractivity contribution in [1.29, 1.82) is 0 Å². The second kappa shape index (κ2) is 10.4. The van der Waals surface area contributed by atoms with E-state index in [2.05, 4.69) is 41.5 Å². The molecule has 3 aromatic carbocycles. The maximum atomic E-state index is 13.1. The molecule has 174 valence electrons. The van der Waals surface area contributed by atoms with E-state index in [1.54, 1.807) is 18.2 Å². The average Bonchev–Trinajstić information content (AvgIpc) is 3.21. The van der Waals surface area contributed by atoms with Crippen LogP contribution in [0, 0.1) is 0 Å². The molecule has 2 N–H and O–H groups in total. The molecule has 0 atom stereocenters. The molecule has 0 unspecified atom stereocenters. The Bertz CT molecular complexity index is 1210. The van der Waals surface area contributed by atoms with Crippen LogP contribution < -0.4 is 10.6 Å². The third kappa shape index (κ3) is 4.87. The summed E-state index contributed by atoms with van der Waals surface area (Å²) in [7, 11) is 1.34. The maximum Gasteiger partial charge on any atom is 0.337 e. The van der Waals surface area contributed by atoms with E-state index in [0.29, 0.717) is 28.1 Å². The topological polar surface area (TPSA) is 70.7 Å². The van der Waals surface area contributed by atoms with Gasteiger partial charge < -0.3 is 15.4 Å². The van der Waals surface area contributed by atoms with Gasteiger partial charge in [-0.15, -0.1) is 0 Å². The summed E-state index contributed by atoms with van der Waals surface area (Å²) in [5.41, 5.74) is 5.86. The molecule has 0 spiro atoms. The number of carbonyl (C=O) groups is 2. The molecule has 0 saturated carbocycles. The van der Waals surface area contributed by atoms with Gasteiger partial charge in [-0.2, -0.15) is 0 Å². The first-order valence-corrected chi connectivity index (χ1v) is 11.5. The van der Waals surface area contributed by atoms with Gasteiger partial charge in [0.05, 0.1) is 23.9 Å². The van der Waals surface area contributed by atoms with Crippen LogP contribution in [0.1, 0.15) is 40.9 Å². The zero-order chi connectivity index (χ0) is 24.1. The van der Waals surface area contributed by atoms with Gasteiger partial charge in [0.2, 0.25) is 0 Å². The van der Waals surface area contributed by atoms with Gasteiger partial charge in [0.25, 0.3) is 5.91 Å². The van der Waals surface area contributed by atoms with Crippen LogP contribution in [0.15, 0.2) is 72.8 Å². The SMILES string of the molecule is CCN(CC)Cc1ccc(N/C(=C2\C(=O)Nc3ccc(C(=O)OC)cc32)c2ccccc2)cc1. The van der Waals surface area contributed by atoms with Crippen molar-refractivity contribution >= 4 is 34.5 Å². The monoisotopic (exact) mass is 455 g/mol. The van der Waals surface area contributed by atoms with Crippen LogP contribution in [0.4, 0.5) is 11.4 Å². The fraction of sp³-hybridized carbons (Fsp3) is 0.214. The van der Waals surface area contributed by atoms with Crippen molar-refractivity contribution < 1.29 is 14.3 Å². The van der Waals surface area contributed by atoms with E-state index in [9.17, 15) is 9.59 Å². The zero-order valence-corrected chi connectivity index (χ0v) is 19.7. The van der Waals surface area contributed by atoms with Crippen LogP contribution in [0.2, 0.25) is 0 Å². The molecule has 0 fully saturated rings. The highest BCUT2D eigenvalue weighted by Gasteiger charge is 2.29. The standard InChI is InChI=1S/C28H29N3O3/c1-4-31(5-2)18-19-11-14-22(15-12-19)29-26(20-9-7-6-8-10-20)25-23-17-21(28(33)34-3)13-16-24(23)30-27(25)32/h6-17,29H,4-5,18H2,1-3H3,(H,30,32)/b26-25-. The number of hydrogen-bond acceptors (Lipinski definition) is 5. The fourth-order valence-corrected chi connectivity index (χ4v) is 4.09. The number of esters is 1. The molecule has 0 saturated heterocycles. The van der Waals surface area contributed by atoms with Crippen LogP contribution in [-0.2, 0) is 16.1 Å². The second-order valence-electron chi connectivity index (χ2n) is 8.11. The predicted octanol–water partition coefficient (Wildman–Crippen LogP) is 5.25. The zero-order valence-electron chi connectivity index (χ0n) is 19.7. The minimum atomic E-state index is -0.445. The Labute approximate surface area is 200 Å². The van der Waals surface area contributed by atoms with Gasteiger partial charge >= 0.3 is 5.97 Å². The average molecular weight is 456 g/mol. The molecule has 3 aromatic rings. The van der Waals surface area contributed by atoms with Gasteiger partial charge in [-0.05, 0) is 54.5 Å². The van der Waals surface area contributed by atoms with Gasteiger partial charge in [-0.1, -0.05) is 56.3 Å². The first-order valence-electron chi connectivity index (χ1n) is 11.5. The number of nitrogens with one attached hydrogen (secondary N) is 2. The van der Waals surface area contributed by atoms with Crippen molar-refractivity contribution in [2.45, 2.75) is 20.4 Å². The van der Waals surface area contributed by atoms with Crippen molar-refractivity contribution in [3.63, 3.8) is 0 Å². The van der Waals surface area contributed by atoms with Crippen molar-refractivity contribution in [3.8, 4) is 0 Å². The smallest absolute Gasteiger partial charge is 0.337 e. The molecule has 34 heavy (non-hydrogen) atoms. The largest absolute Gasteiger partial charge is 0.465 e. The molecule has 6 heteroatoms. The van der Waals surface area contributed by atoms with Crippen molar-refractivity contribution in [1.82, 2.24) is 4.90 Å². The first kappa shape index (κ1) is 23.3. The fourth-order valence-electron chi connectivity index (χ4n) is 4.09. The predicted molar refractivity (Wildman–Crippen MR) is 136 cm³/mol. The summed E-state index contributed by atoms with van der Waals surface area (Å²) in [6, 6.07) is 23.1. The summed E-state index contributed by atoms with van der Waals surface area (Å²) < 4.78 is 4.87. The van der Waals surface area contributed by atoms with Crippen LogP contribution in [0.3, 0.4) is 0 Å². The Morgan fingerprint density at radius 3 is 2.29 bits per heavy atom. The Kier molecular flexibility index (Phi) is 7.09. The summed E-state index contributed by atoms with van der Waals surface area (Å²) in [6.45, 7) is 7.22. The maximum absolute atomic E-state index is 13.1. The third-order valence-electron chi connectivity index (χ3n) is 6.02. The number of carbonyl (C=O) groups excluding carboxylic acids is 2. The van der Waals surface area contributed by atoms with Gasteiger partial charge in [-0.25, -0.2) is 4.79 Å². The molecule has 1 heterocycles. The highest BCUT2D eigenvalue weighted by Crippen LogP contribution is 2.38. The van der Waals surface area contributed by atoms with Crippen molar-refractivity contribution in [2.24, 2.45) is 0 Å². The van der Waals surface area contributed by atoms with Crippen LogP contribution in [-0.4, -0.2) is 37.0 Å². The lowest BCUT2D eigenvalue weighted by Gasteiger charge is -2.19.